The second-order valence-electron chi connectivity index (χ2n) is 5.43. The minimum Gasteiger partial charge on any atom is -0.495 e. The summed E-state index contributed by atoms with van der Waals surface area (Å²) in [6.45, 7) is 0.150. The Balaban J connectivity index is 1.84. The van der Waals surface area contributed by atoms with Gasteiger partial charge in [0, 0.05) is 33.4 Å². The summed E-state index contributed by atoms with van der Waals surface area (Å²) in [7, 11) is 1.64. The third-order valence-electron chi connectivity index (χ3n) is 3.98. The Bertz CT molecular complexity index is 797. The van der Waals surface area contributed by atoms with Crippen LogP contribution >= 0.6 is 15.9 Å². The second-order valence-corrected chi connectivity index (χ2v) is 6.35. The molecule has 23 heavy (non-hydrogen) atoms. The van der Waals surface area contributed by atoms with Gasteiger partial charge in [0.15, 0.2) is 0 Å². The topological polar surface area (TPSA) is 58.1 Å². The van der Waals surface area contributed by atoms with E-state index in [2.05, 4.69) is 38.0 Å². The van der Waals surface area contributed by atoms with Crippen molar-refractivity contribution >= 4 is 26.8 Å². The normalized spacial score (nSPS) is 11.1. The van der Waals surface area contributed by atoms with Gasteiger partial charge in [-0.05, 0) is 49.1 Å². The number of halogens is 1. The highest BCUT2D eigenvalue weighted by atomic mass is 79.9. The predicted molar refractivity (Wildman–Crippen MR) is 95.0 cm³/mol. The average molecular weight is 375 g/mol. The number of pyridine rings is 1. The molecule has 0 aliphatic carbocycles. The number of hydrogen-bond acceptors (Lipinski definition) is 3. The van der Waals surface area contributed by atoms with E-state index >= 15 is 0 Å². The molecule has 0 saturated carbocycles. The zero-order valence-corrected chi connectivity index (χ0v) is 14.6. The molecule has 0 bridgehead atoms. The van der Waals surface area contributed by atoms with Crippen molar-refractivity contribution in [2.45, 2.75) is 19.3 Å². The molecule has 2 N–H and O–H groups in total. The zero-order valence-electron chi connectivity index (χ0n) is 13.0. The van der Waals surface area contributed by atoms with Crippen LogP contribution in [0.5, 0.6) is 5.75 Å². The first-order chi connectivity index (χ1) is 11.2. The van der Waals surface area contributed by atoms with Crippen molar-refractivity contribution in [2.75, 3.05) is 13.7 Å². The number of ether oxygens (including phenoxy) is 1. The van der Waals surface area contributed by atoms with E-state index in [1.165, 1.54) is 16.6 Å². The molecule has 0 amide bonds. The maximum Gasteiger partial charge on any atom is 0.137 e. The highest BCUT2D eigenvalue weighted by Gasteiger charge is 2.11. The van der Waals surface area contributed by atoms with Crippen LogP contribution in [0, 0.1) is 0 Å². The van der Waals surface area contributed by atoms with Gasteiger partial charge in [-0.15, -0.1) is 0 Å². The van der Waals surface area contributed by atoms with Gasteiger partial charge < -0.3 is 14.8 Å². The Labute approximate surface area is 143 Å². The fourth-order valence-corrected chi connectivity index (χ4v) is 3.19. The fourth-order valence-electron chi connectivity index (χ4n) is 2.83. The molecule has 0 saturated heterocycles. The van der Waals surface area contributed by atoms with Gasteiger partial charge in [0.2, 0.25) is 0 Å². The number of aromatic nitrogens is 2. The van der Waals surface area contributed by atoms with E-state index in [9.17, 15) is 5.11 Å². The summed E-state index contributed by atoms with van der Waals surface area (Å²) >= 11 is 3.50. The maximum absolute atomic E-state index is 9.37. The van der Waals surface area contributed by atoms with Crippen molar-refractivity contribution in [1.82, 2.24) is 9.97 Å². The van der Waals surface area contributed by atoms with Gasteiger partial charge >= 0.3 is 0 Å². The number of aromatic amines is 1. The molecule has 5 heteroatoms. The molecule has 2 aromatic heterocycles. The molecule has 0 aliphatic heterocycles. The largest absolute Gasteiger partial charge is 0.495 e. The Morgan fingerprint density at radius 1 is 1.17 bits per heavy atom. The molecule has 0 unspecified atom stereocenters. The molecule has 0 fully saturated rings. The lowest BCUT2D eigenvalue weighted by atomic mass is 10.0. The van der Waals surface area contributed by atoms with Gasteiger partial charge in [0.25, 0.3) is 0 Å². The minimum atomic E-state index is 0.150. The summed E-state index contributed by atoms with van der Waals surface area (Å²) in [6.07, 6.45) is 4.11. The number of aliphatic hydroxyl groups excluding tert-OH is 1. The van der Waals surface area contributed by atoms with E-state index < -0.39 is 0 Å². The summed E-state index contributed by atoms with van der Waals surface area (Å²) in [5.74, 6) is 0.769. The lowest BCUT2D eigenvalue weighted by Crippen LogP contribution is -2.00. The molecule has 120 valence electrons. The van der Waals surface area contributed by atoms with Crippen molar-refractivity contribution in [2.24, 2.45) is 0 Å². The summed E-state index contributed by atoms with van der Waals surface area (Å²) in [5.41, 5.74) is 4.49. The number of nitrogens with one attached hydrogen (secondary N) is 1. The van der Waals surface area contributed by atoms with Crippen LogP contribution in [-0.2, 0) is 19.3 Å². The van der Waals surface area contributed by atoms with Crippen molar-refractivity contribution < 1.29 is 9.84 Å². The van der Waals surface area contributed by atoms with Crippen molar-refractivity contribution in [3.8, 4) is 5.75 Å². The Hall–Kier alpha value is -1.85. The van der Waals surface area contributed by atoms with Gasteiger partial charge in [-0.1, -0.05) is 22.0 Å². The monoisotopic (exact) mass is 374 g/mol. The van der Waals surface area contributed by atoms with Crippen LogP contribution in [0.25, 0.3) is 10.9 Å². The summed E-state index contributed by atoms with van der Waals surface area (Å²) in [4.78, 5) is 7.90. The van der Waals surface area contributed by atoms with Crippen LogP contribution in [-0.4, -0.2) is 28.8 Å². The number of benzene rings is 1. The first-order valence-corrected chi connectivity index (χ1v) is 8.39. The SMILES string of the molecule is COc1ccc(CCc2[nH]c3cc(Br)ccc3c2CCO)nc1. The highest BCUT2D eigenvalue weighted by Crippen LogP contribution is 2.27. The summed E-state index contributed by atoms with van der Waals surface area (Å²) in [5, 5.41) is 10.6. The second kappa shape index (κ2) is 7.15. The Morgan fingerprint density at radius 2 is 2.04 bits per heavy atom. The fraction of sp³-hybridized carbons (Fsp3) is 0.278. The number of aliphatic hydroxyl groups is 1. The number of hydrogen-bond donors (Lipinski definition) is 2. The van der Waals surface area contributed by atoms with E-state index in [1.807, 2.05) is 18.2 Å². The third kappa shape index (κ3) is 3.57. The van der Waals surface area contributed by atoms with Crippen LogP contribution in [0.4, 0.5) is 0 Å². The van der Waals surface area contributed by atoms with Crippen molar-refractivity contribution in [3.63, 3.8) is 0 Å². The van der Waals surface area contributed by atoms with E-state index in [1.54, 1.807) is 13.3 Å². The van der Waals surface area contributed by atoms with Gasteiger partial charge in [-0.3, -0.25) is 4.98 Å². The summed E-state index contributed by atoms with van der Waals surface area (Å²) < 4.78 is 6.18. The third-order valence-corrected chi connectivity index (χ3v) is 4.48. The quantitative estimate of drug-likeness (QED) is 0.692. The number of nitrogens with zero attached hydrogens (tertiary/aromatic N) is 1. The first kappa shape index (κ1) is 16.0. The average Bonchev–Trinajstić information content (AvgIpc) is 2.90. The zero-order chi connectivity index (χ0) is 16.2. The van der Waals surface area contributed by atoms with Gasteiger partial charge in [-0.2, -0.15) is 0 Å². The van der Waals surface area contributed by atoms with Gasteiger partial charge in [0.05, 0.1) is 13.3 Å². The molecule has 3 rings (SSSR count). The molecule has 4 nitrogen and oxygen atoms in total. The molecule has 0 atom stereocenters. The maximum atomic E-state index is 9.37. The lowest BCUT2D eigenvalue weighted by molar-refractivity contribution is 0.299. The van der Waals surface area contributed by atoms with Gasteiger partial charge in [0.1, 0.15) is 5.75 Å². The number of aryl methyl sites for hydroxylation is 2. The van der Waals surface area contributed by atoms with E-state index in [0.29, 0.717) is 6.42 Å². The number of H-pyrrole nitrogens is 1. The molecule has 3 aromatic rings. The number of rotatable bonds is 6. The van der Waals surface area contributed by atoms with Crippen molar-refractivity contribution in [1.29, 1.82) is 0 Å². The molecular weight excluding hydrogens is 356 g/mol. The first-order valence-electron chi connectivity index (χ1n) is 7.60. The van der Waals surface area contributed by atoms with Crippen molar-refractivity contribution in [3.05, 3.63) is 58.0 Å². The molecule has 1 aromatic carbocycles. The van der Waals surface area contributed by atoms with E-state index in [0.717, 1.165) is 34.3 Å². The van der Waals surface area contributed by atoms with E-state index in [-0.39, 0.29) is 6.61 Å². The molecule has 0 aliphatic rings. The number of methoxy groups -OCH3 is 1. The lowest BCUT2D eigenvalue weighted by Gasteiger charge is -2.05. The molecular formula is C18H19BrN2O2. The summed E-state index contributed by atoms with van der Waals surface area (Å²) in [6, 6.07) is 10.1. The van der Waals surface area contributed by atoms with Crippen LogP contribution in [0.1, 0.15) is 17.0 Å². The Morgan fingerprint density at radius 3 is 2.74 bits per heavy atom. The molecule has 0 radical (unpaired) electrons. The predicted octanol–water partition coefficient (Wildman–Crippen LogP) is 3.65. The van der Waals surface area contributed by atoms with Crippen LogP contribution in [0.15, 0.2) is 41.0 Å². The molecule has 0 spiro atoms. The van der Waals surface area contributed by atoms with E-state index in [4.69, 9.17) is 4.74 Å². The standard InChI is InChI=1S/C18H19BrN2O2/c1-23-14-5-3-13(20-11-14)4-7-17-16(8-9-22)15-6-2-12(19)10-18(15)21-17/h2-3,5-6,10-11,21-22H,4,7-9H2,1H3. The molecule has 2 heterocycles. The smallest absolute Gasteiger partial charge is 0.137 e. The van der Waals surface area contributed by atoms with Crippen LogP contribution < -0.4 is 4.74 Å². The van der Waals surface area contributed by atoms with Crippen LogP contribution in [0.3, 0.4) is 0 Å². The Kier molecular flexibility index (Phi) is 4.98. The number of fused-ring (bicyclic) bond motifs is 1. The van der Waals surface area contributed by atoms with Crippen LogP contribution in [0.2, 0.25) is 0 Å². The van der Waals surface area contributed by atoms with Gasteiger partial charge in [-0.25, -0.2) is 0 Å². The minimum absolute atomic E-state index is 0.150. The highest BCUT2D eigenvalue weighted by molar-refractivity contribution is 9.10.